The van der Waals surface area contributed by atoms with Gasteiger partial charge in [0, 0.05) is 15.4 Å². The first-order valence-corrected chi connectivity index (χ1v) is 7.84. The Labute approximate surface area is 112 Å². The summed E-state index contributed by atoms with van der Waals surface area (Å²) >= 11 is 4.68. The zero-order valence-corrected chi connectivity index (χ0v) is 12.1. The predicted octanol–water partition coefficient (Wildman–Crippen LogP) is 2.53. The summed E-state index contributed by atoms with van der Waals surface area (Å²) in [6.45, 7) is 1.90. The third-order valence-electron chi connectivity index (χ3n) is 2.15. The second-order valence-electron chi connectivity index (χ2n) is 3.44. The molecule has 7 heteroatoms. The monoisotopic (exact) mass is 332 g/mol. The number of nitrogens with zero attached hydrogens (tertiary/aromatic N) is 1. The lowest BCUT2D eigenvalue weighted by atomic mass is 10.2. The first-order valence-electron chi connectivity index (χ1n) is 4.63. The summed E-state index contributed by atoms with van der Waals surface area (Å²) in [5, 5.41) is 7.95. The van der Waals surface area contributed by atoms with E-state index in [0.717, 1.165) is 16.3 Å². The molecule has 0 fully saturated rings. The lowest BCUT2D eigenvalue weighted by Crippen LogP contribution is -2.12. The quantitative estimate of drug-likeness (QED) is 0.918. The molecular formula is C10H9BrN2O2S2. The predicted molar refractivity (Wildman–Crippen MR) is 71.4 cm³/mol. The molecule has 0 spiro atoms. The number of hydrogen-bond acceptors (Lipinski definition) is 4. The van der Waals surface area contributed by atoms with Gasteiger partial charge in [-0.05, 0) is 35.0 Å². The summed E-state index contributed by atoms with van der Waals surface area (Å²) in [6, 6.07) is 4.98. The highest BCUT2D eigenvalue weighted by Crippen LogP contribution is 2.28. The minimum Gasteiger partial charge on any atom is -0.242 e. The lowest BCUT2D eigenvalue weighted by Gasteiger charge is -2.04. The fourth-order valence-corrected chi connectivity index (χ4v) is 3.55. The van der Waals surface area contributed by atoms with Crippen LogP contribution in [0.4, 0.5) is 0 Å². The molecule has 0 unspecified atom stereocenters. The van der Waals surface area contributed by atoms with E-state index in [0.29, 0.717) is 4.47 Å². The normalized spacial score (nSPS) is 11.7. The number of aromatic nitrogens is 1. The second-order valence-corrected chi connectivity index (χ2v) is 6.89. The van der Waals surface area contributed by atoms with Crippen LogP contribution in [0.3, 0.4) is 0 Å². The molecule has 0 radical (unpaired) electrons. The second kappa shape index (κ2) is 4.49. The van der Waals surface area contributed by atoms with E-state index in [-0.39, 0.29) is 4.90 Å². The van der Waals surface area contributed by atoms with Crippen LogP contribution >= 0.6 is 27.3 Å². The Bertz CT molecular complexity index is 665. The zero-order valence-electron chi connectivity index (χ0n) is 8.84. The summed E-state index contributed by atoms with van der Waals surface area (Å²) in [4.78, 5) is 4.37. The van der Waals surface area contributed by atoms with Crippen LogP contribution in [-0.4, -0.2) is 13.4 Å². The number of aryl methyl sites for hydroxylation is 1. The fraction of sp³-hybridized carbons (Fsp3) is 0.100. The Morgan fingerprint density at radius 1 is 1.41 bits per heavy atom. The molecule has 90 valence electrons. The van der Waals surface area contributed by atoms with Crippen LogP contribution in [0.1, 0.15) is 5.01 Å². The summed E-state index contributed by atoms with van der Waals surface area (Å²) < 4.78 is 23.2. The van der Waals surface area contributed by atoms with E-state index >= 15 is 0 Å². The van der Waals surface area contributed by atoms with Crippen molar-refractivity contribution in [3.63, 3.8) is 0 Å². The molecule has 1 aromatic heterocycles. The van der Waals surface area contributed by atoms with E-state index in [4.69, 9.17) is 5.14 Å². The molecule has 0 saturated heterocycles. The van der Waals surface area contributed by atoms with E-state index in [1.165, 1.54) is 17.4 Å². The Kier molecular flexibility index (Phi) is 3.35. The Balaban J connectivity index is 2.59. The van der Waals surface area contributed by atoms with Crippen molar-refractivity contribution in [1.82, 2.24) is 4.98 Å². The maximum absolute atomic E-state index is 11.4. The van der Waals surface area contributed by atoms with Gasteiger partial charge in [0.2, 0.25) is 10.0 Å². The molecular weight excluding hydrogens is 324 g/mol. The minimum atomic E-state index is -3.73. The molecule has 2 rings (SSSR count). The van der Waals surface area contributed by atoms with Crippen molar-refractivity contribution >= 4 is 37.3 Å². The van der Waals surface area contributed by atoms with Crippen molar-refractivity contribution in [3.05, 3.63) is 33.1 Å². The van der Waals surface area contributed by atoms with E-state index < -0.39 is 10.0 Å². The Hall–Kier alpha value is -0.760. The van der Waals surface area contributed by atoms with Crippen molar-refractivity contribution in [1.29, 1.82) is 0 Å². The Morgan fingerprint density at radius 3 is 2.65 bits per heavy atom. The van der Waals surface area contributed by atoms with Gasteiger partial charge in [0.15, 0.2) is 0 Å². The number of benzene rings is 1. The van der Waals surface area contributed by atoms with Gasteiger partial charge in [-0.1, -0.05) is 6.07 Å². The third kappa shape index (κ3) is 2.74. The molecule has 17 heavy (non-hydrogen) atoms. The first-order chi connectivity index (χ1) is 7.88. The topological polar surface area (TPSA) is 73.0 Å². The number of hydrogen-bond donors (Lipinski definition) is 1. The van der Waals surface area contributed by atoms with Gasteiger partial charge in [-0.3, -0.25) is 0 Å². The highest BCUT2D eigenvalue weighted by molar-refractivity contribution is 9.10. The van der Waals surface area contributed by atoms with Crippen LogP contribution in [0, 0.1) is 6.92 Å². The summed E-state index contributed by atoms with van der Waals surface area (Å²) in [6.07, 6.45) is 0. The molecule has 4 nitrogen and oxygen atoms in total. The van der Waals surface area contributed by atoms with E-state index in [2.05, 4.69) is 20.9 Å². The van der Waals surface area contributed by atoms with Gasteiger partial charge in [0.05, 0.1) is 15.6 Å². The van der Waals surface area contributed by atoms with Gasteiger partial charge >= 0.3 is 0 Å². The van der Waals surface area contributed by atoms with Crippen molar-refractivity contribution in [2.75, 3.05) is 0 Å². The van der Waals surface area contributed by atoms with Crippen molar-refractivity contribution in [2.45, 2.75) is 11.8 Å². The molecule has 0 aliphatic carbocycles. The molecule has 1 heterocycles. The van der Waals surface area contributed by atoms with Crippen LogP contribution in [0.15, 0.2) is 32.9 Å². The molecule has 2 N–H and O–H groups in total. The van der Waals surface area contributed by atoms with Crippen LogP contribution < -0.4 is 5.14 Å². The molecule has 0 aliphatic rings. The summed E-state index contributed by atoms with van der Waals surface area (Å²) in [7, 11) is -3.73. The maximum atomic E-state index is 11.4. The molecule has 0 bridgehead atoms. The van der Waals surface area contributed by atoms with Gasteiger partial charge in [0.25, 0.3) is 0 Å². The smallest absolute Gasteiger partial charge is 0.239 e. The molecule has 1 aromatic carbocycles. The van der Waals surface area contributed by atoms with Gasteiger partial charge in [-0.25, -0.2) is 18.5 Å². The van der Waals surface area contributed by atoms with Crippen LogP contribution in [0.5, 0.6) is 0 Å². The molecule has 0 aliphatic heterocycles. The number of sulfonamides is 1. The highest BCUT2D eigenvalue weighted by atomic mass is 79.9. The SMILES string of the molecule is Cc1nc(-c2ccc(Br)c(S(N)(=O)=O)c2)cs1. The van der Waals surface area contributed by atoms with E-state index in [1.807, 2.05) is 12.3 Å². The summed E-state index contributed by atoms with van der Waals surface area (Å²) in [5.74, 6) is 0. The van der Waals surface area contributed by atoms with Crippen LogP contribution in [0.25, 0.3) is 11.3 Å². The maximum Gasteiger partial charge on any atom is 0.239 e. The average molecular weight is 333 g/mol. The van der Waals surface area contributed by atoms with Crippen molar-refractivity contribution in [2.24, 2.45) is 5.14 Å². The largest absolute Gasteiger partial charge is 0.242 e. The van der Waals surface area contributed by atoms with Crippen LogP contribution in [0.2, 0.25) is 0 Å². The van der Waals surface area contributed by atoms with E-state index in [9.17, 15) is 8.42 Å². The number of primary sulfonamides is 1. The number of thiazole rings is 1. The van der Waals surface area contributed by atoms with Gasteiger partial charge in [-0.15, -0.1) is 11.3 Å². The van der Waals surface area contributed by atoms with Crippen molar-refractivity contribution in [3.8, 4) is 11.3 Å². The van der Waals surface area contributed by atoms with Gasteiger partial charge in [0.1, 0.15) is 0 Å². The molecule has 2 aromatic rings. The average Bonchev–Trinajstić information content (AvgIpc) is 2.64. The van der Waals surface area contributed by atoms with Crippen LogP contribution in [-0.2, 0) is 10.0 Å². The zero-order chi connectivity index (χ0) is 12.6. The molecule has 0 saturated carbocycles. The van der Waals surface area contributed by atoms with Gasteiger partial charge in [-0.2, -0.15) is 0 Å². The van der Waals surface area contributed by atoms with E-state index in [1.54, 1.807) is 12.1 Å². The number of halogens is 1. The molecule has 0 atom stereocenters. The Morgan fingerprint density at radius 2 is 2.12 bits per heavy atom. The van der Waals surface area contributed by atoms with Gasteiger partial charge < -0.3 is 0 Å². The number of rotatable bonds is 2. The summed E-state index contributed by atoms with van der Waals surface area (Å²) in [5.41, 5.74) is 1.49. The minimum absolute atomic E-state index is 0.0700. The molecule has 0 amide bonds. The van der Waals surface area contributed by atoms with Crippen molar-refractivity contribution < 1.29 is 8.42 Å². The number of nitrogens with two attached hydrogens (primary N) is 1. The first kappa shape index (κ1) is 12.7. The third-order valence-corrected chi connectivity index (χ3v) is 4.83. The lowest BCUT2D eigenvalue weighted by molar-refractivity contribution is 0.597. The fourth-order valence-electron chi connectivity index (χ4n) is 1.38. The highest BCUT2D eigenvalue weighted by Gasteiger charge is 2.14. The standard InChI is InChI=1S/C10H9BrN2O2S2/c1-6-13-9(5-16-6)7-2-3-8(11)10(4-7)17(12,14)15/h2-5H,1H3,(H2,12,14,15).